The van der Waals surface area contributed by atoms with Gasteiger partial charge in [-0.05, 0) is 24.1 Å². The van der Waals surface area contributed by atoms with Crippen LogP contribution in [0.5, 0.6) is 0 Å². The van der Waals surface area contributed by atoms with Gasteiger partial charge in [0.05, 0.1) is 22.9 Å². The summed E-state index contributed by atoms with van der Waals surface area (Å²) < 4.78 is 0. The number of halogens is 1. The number of benzene rings is 1. The minimum atomic E-state index is -0.203. The van der Waals surface area contributed by atoms with E-state index in [1.165, 1.54) is 0 Å². The lowest BCUT2D eigenvalue weighted by molar-refractivity contribution is 0.205. The molecule has 0 aliphatic carbocycles. The lowest BCUT2D eigenvalue weighted by Gasteiger charge is -2.28. The molecule has 1 aliphatic rings. The minimum Gasteiger partial charge on any atom is -0.368 e. The summed E-state index contributed by atoms with van der Waals surface area (Å²) in [5.74, 6) is 0.224. The third-order valence-electron chi connectivity index (χ3n) is 3.37. The van der Waals surface area contributed by atoms with Crippen molar-refractivity contribution in [2.75, 3.05) is 17.6 Å². The van der Waals surface area contributed by atoms with Crippen molar-refractivity contribution in [1.82, 2.24) is 14.9 Å². The SMILES string of the molecule is Nc1ncc2c(n1)CN(C(=O)Nc1ccccc1Cl)CC2. The molecular formula is C14H14ClN5O. The van der Waals surface area contributed by atoms with Crippen molar-refractivity contribution in [1.29, 1.82) is 0 Å². The zero-order chi connectivity index (χ0) is 14.8. The maximum Gasteiger partial charge on any atom is 0.322 e. The minimum absolute atomic E-state index is 0.203. The number of urea groups is 1. The van der Waals surface area contributed by atoms with Crippen molar-refractivity contribution >= 4 is 29.3 Å². The monoisotopic (exact) mass is 303 g/mol. The molecule has 0 saturated carbocycles. The first kappa shape index (κ1) is 13.6. The fourth-order valence-electron chi connectivity index (χ4n) is 2.25. The summed E-state index contributed by atoms with van der Waals surface area (Å²) in [6.07, 6.45) is 2.44. The second kappa shape index (κ2) is 5.57. The van der Waals surface area contributed by atoms with Gasteiger partial charge in [0.25, 0.3) is 0 Å². The standard InChI is InChI=1S/C14H14ClN5O/c15-10-3-1-2-4-11(10)19-14(21)20-6-5-9-7-17-13(16)18-12(9)8-20/h1-4,7H,5-6,8H2,(H,19,21)(H2,16,17,18). The number of carbonyl (C=O) groups excluding carboxylic acids is 1. The van der Waals surface area contributed by atoms with Gasteiger partial charge in [0.1, 0.15) is 0 Å². The van der Waals surface area contributed by atoms with Crippen LogP contribution in [0.2, 0.25) is 5.02 Å². The van der Waals surface area contributed by atoms with E-state index in [2.05, 4.69) is 15.3 Å². The number of anilines is 2. The second-order valence-electron chi connectivity index (χ2n) is 4.78. The Kier molecular flexibility index (Phi) is 3.62. The predicted octanol–water partition coefficient (Wildman–Crippen LogP) is 2.30. The van der Waals surface area contributed by atoms with Crippen molar-refractivity contribution in [3.05, 3.63) is 46.7 Å². The van der Waals surface area contributed by atoms with Gasteiger partial charge in [-0.2, -0.15) is 0 Å². The molecule has 1 aliphatic heterocycles. The first-order valence-corrected chi connectivity index (χ1v) is 6.92. The highest BCUT2D eigenvalue weighted by Gasteiger charge is 2.22. The lowest BCUT2D eigenvalue weighted by Crippen LogP contribution is -2.39. The maximum absolute atomic E-state index is 12.3. The van der Waals surface area contributed by atoms with Crippen LogP contribution < -0.4 is 11.1 Å². The van der Waals surface area contributed by atoms with Crippen LogP contribution in [0.1, 0.15) is 11.3 Å². The number of nitrogens with one attached hydrogen (secondary N) is 1. The van der Waals surface area contributed by atoms with Gasteiger partial charge in [-0.15, -0.1) is 0 Å². The van der Waals surface area contributed by atoms with Crippen LogP contribution in [0.15, 0.2) is 30.5 Å². The molecule has 0 spiro atoms. The zero-order valence-corrected chi connectivity index (χ0v) is 12.0. The largest absolute Gasteiger partial charge is 0.368 e. The molecule has 21 heavy (non-hydrogen) atoms. The summed E-state index contributed by atoms with van der Waals surface area (Å²) >= 11 is 6.04. The summed E-state index contributed by atoms with van der Waals surface area (Å²) in [7, 11) is 0. The van der Waals surface area contributed by atoms with Crippen molar-refractivity contribution in [3.8, 4) is 0 Å². The van der Waals surface area contributed by atoms with Crippen molar-refractivity contribution in [2.45, 2.75) is 13.0 Å². The van der Waals surface area contributed by atoms with Gasteiger partial charge in [-0.1, -0.05) is 23.7 Å². The van der Waals surface area contributed by atoms with E-state index in [9.17, 15) is 4.79 Å². The van der Waals surface area contributed by atoms with Crippen molar-refractivity contribution in [2.24, 2.45) is 0 Å². The highest BCUT2D eigenvalue weighted by molar-refractivity contribution is 6.33. The molecule has 0 atom stereocenters. The third-order valence-corrected chi connectivity index (χ3v) is 3.70. The molecule has 0 saturated heterocycles. The second-order valence-corrected chi connectivity index (χ2v) is 5.19. The lowest BCUT2D eigenvalue weighted by atomic mass is 10.1. The number of hydrogen-bond acceptors (Lipinski definition) is 4. The maximum atomic E-state index is 12.3. The van der Waals surface area contributed by atoms with Crippen LogP contribution in [0.3, 0.4) is 0 Å². The van der Waals surface area contributed by atoms with Gasteiger partial charge in [0.2, 0.25) is 5.95 Å². The number of amides is 2. The Morgan fingerprint density at radius 2 is 2.19 bits per heavy atom. The zero-order valence-electron chi connectivity index (χ0n) is 11.2. The molecular weight excluding hydrogens is 290 g/mol. The number of aromatic nitrogens is 2. The van der Waals surface area contributed by atoms with E-state index in [1.807, 2.05) is 12.1 Å². The summed E-state index contributed by atoms with van der Waals surface area (Å²) in [5, 5.41) is 3.31. The fraction of sp³-hybridized carbons (Fsp3) is 0.214. The molecule has 2 aromatic rings. The molecule has 1 aromatic carbocycles. The molecule has 2 heterocycles. The molecule has 0 fully saturated rings. The van der Waals surface area contributed by atoms with Gasteiger partial charge in [-0.25, -0.2) is 14.8 Å². The molecule has 3 N–H and O–H groups in total. The smallest absolute Gasteiger partial charge is 0.322 e. The van der Waals surface area contributed by atoms with Crippen LogP contribution in [0.4, 0.5) is 16.4 Å². The first-order chi connectivity index (χ1) is 10.1. The van der Waals surface area contributed by atoms with Gasteiger partial charge in [-0.3, -0.25) is 0 Å². The Bertz CT molecular complexity index is 691. The average Bonchev–Trinajstić information content (AvgIpc) is 2.48. The van der Waals surface area contributed by atoms with E-state index in [0.29, 0.717) is 30.2 Å². The van der Waals surface area contributed by atoms with E-state index < -0.39 is 0 Å². The summed E-state index contributed by atoms with van der Waals surface area (Å²) in [6, 6.07) is 6.93. The Morgan fingerprint density at radius 1 is 1.38 bits per heavy atom. The molecule has 0 unspecified atom stereocenters. The Labute approximate surface area is 126 Å². The molecule has 6 nitrogen and oxygen atoms in total. The van der Waals surface area contributed by atoms with E-state index in [4.69, 9.17) is 17.3 Å². The van der Waals surface area contributed by atoms with Crippen LogP contribution in [-0.2, 0) is 13.0 Å². The van der Waals surface area contributed by atoms with Crippen molar-refractivity contribution < 1.29 is 4.79 Å². The van der Waals surface area contributed by atoms with Crippen LogP contribution in [0.25, 0.3) is 0 Å². The van der Waals surface area contributed by atoms with Gasteiger partial charge < -0.3 is 16.0 Å². The number of rotatable bonds is 1. The average molecular weight is 304 g/mol. The molecule has 7 heteroatoms. The predicted molar refractivity (Wildman–Crippen MR) is 81.0 cm³/mol. The Balaban J connectivity index is 1.74. The van der Waals surface area contributed by atoms with E-state index in [-0.39, 0.29) is 12.0 Å². The van der Waals surface area contributed by atoms with Crippen LogP contribution in [-0.4, -0.2) is 27.4 Å². The van der Waals surface area contributed by atoms with Crippen LogP contribution in [0, 0.1) is 0 Å². The molecule has 108 valence electrons. The van der Waals surface area contributed by atoms with Gasteiger partial charge in [0, 0.05) is 12.7 Å². The molecule has 0 bridgehead atoms. The van der Waals surface area contributed by atoms with Gasteiger partial charge in [0.15, 0.2) is 0 Å². The van der Waals surface area contributed by atoms with E-state index >= 15 is 0 Å². The molecule has 3 rings (SSSR count). The summed E-state index contributed by atoms with van der Waals surface area (Å²) in [6.45, 7) is 1.02. The highest BCUT2D eigenvalue weighted by Crippen LogP contribution is 2.22. The number of nitrogen functional groups attached to an aromatic ring is 1. The van der Waals surface area contributed by atoms with E-state index in [1.54, 1.807) is 23.2 Å². The normalized spacial score (nSPS) is 13.7. The molecule has 0 radical (unpaired) electrons. The number of hydrogen-bond donors (Lipinski definition) is 2. The van der Waals surface area contributed by atoms with Crippen LogP contribution >= 0.6 is 11.6 Å². The summed E-state index contributed by atoms with van der Waals surface area (Å²) in [5.41, 5.74) is 8.01. The molecule has 1 aromatic heterocycles. The number of fused-ring (bicyclic) bond motifs is 1. The van der Waals surface area contributed by atoms with Crippen molar-refractivity contribution in [3.63, 3.8) is 0 Å². The first-order valence-electron chi connectivity index (χ1n) is 6.54. The number of carbonyl (C=O) groups is 1. The summed E-state index contributed by atoms with van der Waals surface area (Å²) in [4.78, 5) is 22.1. The number of nitrogens with two attached hydrogens (primary N) is 1. The third kappa shape index (κ3) is 2.90. The molecule has 2 amide bonds. The van der Waals surface area contributed by atoms with E-state index in [0.717, 1.165) is 11.3 Å². The topological polar surface area (TPSA) is 84.1 Å². The number of para-hydroxylation sites is 1. The quantitative estimate of drug-likeness (QED) is 0.846. The Morgan fingerprint density at radius 3 is 3.00 bits per heavy atom. The fourth-order valence-corrected chi connectivity index (χ4v) is 2.43. The van der Waals surface area contributed by atoms with Gasteiger partial charge >= 0.3 is 6.03 Å². The highest BCUT2D eigenvalue weighted by atomic mass is 35.5. The number of nitrogens with zero attached hydrogens (tertiary/aromatic N) is 3. The Hall–Kier alpha value is -2.34.